The van der Waals surface area contributed by atoms with Crippen molar-refractivity contribution in [3.63, 3.8) is 0 Å². The van der Waals surface area contributed by atoms with E-state index in [-0.39, 0.29) is 23.6 Å². The average molecular weight is 370 g/mol. The number of hydrogen-bond donors (Lipinski definition) is 0. The van der Waals surface area contributed by atoms with Crippen molar-refractivity contribution in [3.8, 4) is 0 Å². The molecule has 1 aliphatic heterocycles. The van der Waals surface area contributed by atoms with Gasteiger partial charge in [-0.05, 0) is 45.1 Å². The number of nitrogens with zero attached hydrogens (tertiary/aromatic N) is 4. The van der Waals surface area contributed by atoms with Gasteiger partial charge < -0.3 is 4.90 Å². The van der Waals surface area contributed by atoms with Crippen LogP contribution in [0.3, 0.4) is 0 Å². The molecule has 1 fully saturated rings. The number of piperidine rings is 1. The van der Waals surface area contributed by atoms with Crippen LogP contribution in [-0.2, 0) is 18.3 Å². The standard InChI is InChI=1S/C21H30N4O2/c1-16(2)25-20(22-23(3)21(25)27)18-12-8-14-24(15-18)19(26)13-7-11-17-9-5-4-6-10-17/h4-6,9-10,16,18H,7-8,11-15H2,1-3H3. The minimum Gasteiger partial charge on any atom is -0.342 e. The van der Waals surface area contributed by atoms with Gasteiger partial charge in [-0.1, -0.05) is 30.3 Å². The number of likely N-dealkylation sites (tertiary alicyclic amines) is 1. The van der Waals surface area contributed by atoms with Gasteiger partial charge in [0.15, 0.2) is 0 Å². The predicted octanol–water partition coefficient (Wildman–Crippen LogP) is 2.89. The number of aryl methyl sites for hydroxylation is 2. The molecule has 2 aromatic rings. The molecular weight excluding hydrogens is 340 g/mol. The molecule has 1 saturated heterocycles. The van der Waals surface area contributed by atoms with Crippen LogP contribution in [0.5, 0.6) is 0 Å². The molecule has 0 aliphatic carbocycles. The normalized spacial score (nSPS) is 17.5. The molecule has 0 spiro atoms. The molecule has 27 heavy (non-hydrogen) atoms. The number of amides is 1. The average Bonchev–Trinajstić information content (AvgIpc) is 2.97. The Labute approximate surface area is 160 Å². The zero-order valence-corrected chi connectivity index (χ0v) is 16.6. The maximum atomic E-state index is 12.7. The third kappa shape index (κ3) is 4.49. The highest BCUT2D eigenvalue weighted by molar-refractivity contribution is 5.76. The van der Waals surface area contributed by atoms with E-state index in [2.05, 4.69) is 17.2 Å². The fraction of sp³-hybridized carbons (Fsp3) is 0.571. The van der Waals surface area contributed by atoms with E-state index in [9.17, 15) is 9.59 Å². The second-order valence-electron chi connectivity index (χ2n) is 7.75. The molecule has 0 radical (unpaired) electrons. The molecular formula is C21H30N4O2. The van der Waals surface area contributed by atoms with Gasteiger partial charge in [-0.25, -0.2) is 9.48 Å². The molecule has 2 heterocycles. The molecule has 3 rings (SSSR count). The van der Waals surface area contributed by atoms with Crippen molar-refractivity contribution in [1.82, 2.24) is 19.2 Å². The summed E-state index contributed by atoms with van der Waals surface area (Å²) < 4.78 is 3.18. The van der Waals surface area contributed by atoms with Crippen molar-refractivity contribution in [2.45, 2.75) is 57.9 Å². The Morgan fingerprint density at radius 3 is 2.70 bits per heavy atom. The third-order valence-corrected chi connectivity index (χ3v) is 5.34. The number of benzene rings is 1. The molecule has 1 unspecified atom stereocenters. The Kier molecular flexibility index (Phi) is 6.14. The van der Waals surface area contributed by atoms with Crippen LogP contribution < -0.4 is 5.69 Å². The van der Waals surface area contributed by atoms with Crippen LogP contribution in [-0.4, -0.2) is 38.2 Å². The molecule has 1 aromatic carbocycles. The van der Waals surface area contributed by atoms with Crippen molar-refractivity contribution >= 4 is 5.91 Å². The number of carbonyl (C=O) groups excluding carboxylic acids is 1. The fourth-order valence-corrected chi connectivity index (χ4v) is 3.92. The van der Waals surface area contributed by atoms with E-state index in [1.165, 1.54) is 10.2 Å². The zero-order valence-electron chi connectivity index (χ0n) is 16.6. The highest BCUT2D eigenvalue weighted by atomic mass is 16.2. The van der Waals surface area contributed by atoms with Crippen LogP contribution in [0, 0.1) is 0 Å². The van der Waals surface area contributed by atoms with Crippen molar-refractivity contribution in [1.29, 1.82) is 0 Å². The predicted molar refractivity (Wildman–Crippen MR) is 106 cm³/mol. The van der Waals surface area contributed by atoms with Crippen molar-refractivity contribution in [2.75, 3.05) is 13.1 Å². The largest absolute Gasteiger partial charge is 0.345 e. The molecule has 6 nitrogen and oxygen atoms in total. The summed E-state index contributed by atoms with van der Waals surface area (Å²) >= 11 is 0. The maximum Gasteiger partial charge on any atom is 0.345 e. The highest BCUT2D eigenvalue weighted by Gasteiger charge is 2.29. The summed E-state index contributed by atoms with van der Waals surface area (Å²) in [6.45, 7) is 5.47. The van der Waals surface area contributed by atoms with E-state index in [0.717, 1.165) is 38.1 Å². The van der Waals surface area contributed by atoms with Gasteiger partial charge in [0.05, 0.1) is 0 Å². The van der Waals surface area contributed by atoms with E-state index < -0.39 is 0 Å². The Morgan fingerprint density at radius 2 is 2.00 bits per heavy atom. The lowest BCUT2D eigenvalue weighted by Crippen LogP contribution is -2.40. The first-order chi connectivity index (χ1) is 13.0. The zero-order chi connectivity index (χ0) is 19.4. The Hall–Kier alpha value is -2.37. The van der Waals surface area contributed by atoms with Crippen LogP contribution in [0.15, 0.2) is 35.1 Å². The maximum absolute atomic E-state index is 12.7. The quantitative estimate of drug-likeness (QED) is 0.785. The van der Waals surface area contributed by atoms with Crippen LogP contribution in [0.1, 0.15) is 62.9 Å². The molecule has 0 N–H and O–H groups in total. The Morgan fingerprint density at radius 1 is 1.26 bits per heavy atom. The van der Waals surface area contributed by atoms with Gasteiger partial charge in [-0.2, -0.15) is 5.10 Å². The molecule has 1 aromatic heterocycles. The van der Waals surface area contributed by atoms with Gasteiger partial charge in [-0.3, -0.25) is 9.36 Å². The Balaban J connectivity index is 1.61. The number of rotatable bonds is 6. The molecule has 1 amide bonds. The minimum atomic E-state index is -0.0775. The summed E-state index contributed by atoms with van der Waals surface area (Å²) in [5.74, 6) is 1.16. The fourth-order valence-electron chi connectivity index (χ4n) is 3.92. The lowest BCUT2D eigenvalue weighted by Gasteiger charge is -2.32. The lowest BCUT2D eigenvalue weighted by atomic mass is 9.96. The van der Waals surface area contributed by atoms with E-state index in [1.807, 2.05) is 36.9 Å². The monoisotopic (exact) mass is 370 g/mol. The van der Waals surface area contributed by atoms with E-state index in [4.69, 9.17) is 0 Å². The van der Waals surface area contributed by atoms with E-state index in [0.29, 0.717) is 13.0 Å². The summed E-state index contributed by atoms with van der Waals surface area (Å²) in [5.41, 5.74) is 1.20. The smallest absolute Gasteiger partial charge is 0.342 e. The molecule has 6 heteroatoms. The van der Waals surface area contributed by atoms with Crippen LogP contribution >= 0.6 is 0 Å². The summed E-state index contributed by atoms with van der Waals surface area (Å²) in [4.78, 5) is 27.0. The van der Waals surface area contributed by atoms with E-state index in [1.54, 1.807) is 11.6 Å². The lowest BCUT2D eigenvalue weighted by molar-refractivity contribution is -0.132. The summed E-state index contributed by atoms with van der Waals surface area (Å²) in [5, 5.41) is 4.48. The molecule has 0 bridgehead atoms. The second kappa shape index (κ2) is 8.55. The van der Waals surface area contributed by atoms with Gasteiger partial charge in [0.2, 0.25) is 5.91 Å². The summed E-state index contributed by atoms with van der Waals surface area (Å²) in [6, 6.07) is 10.4. The van der Waals surface area contributed by atoms with Crippen molar-refractivity contribution in [2.24, 2.45) is 7.05 Å². The summed E-state index contributed by atoms with van der Waals surface area (Å²) in [7, 11) is 1.69. The van der Waals surface area contributed by atoms with Crippen LogP contribution in [0.25, 0.3) is 0 Å². The highest BCUT2D eigenvalue weighted by Crippen LogP contribution is 2.27. The minimum absolute atomic E-state index is 0.0677. The van der Waals surface area contributed by atoms with Crippen LogP contribution in [0.4, 0.5) is 0 Å². The SMILES string of the molecule is CC(C)n1c(C2CCCN(C(=O)CCCc3ccccc3)C2)nn(C)c1=O. The topological polar surface area (TPSA) is 60.1 Å². The first-order valence-electron chi connectivity index (χ1n) is 9.94. The van der Waals surface area contributed by atoms with Gasteiger partial charge in [-0.15, -0.1) is 0 Å². The van der Waals surface area contributed by atoms with Gasteiger partial charge in [0, 0.05) is 38.5 Å². The first kappa shape index (κ1) is 19.4. The number of hydrogen-bond acceptors (Lipinski definition) is 3. The van der Waals surface area contributed by atoms with Crippen LogP contribution in [0.2, 0.25) is 0 Å². The molecule has 0 saturated carbocycles. The first-order valence-corrected chi connectivity index (χ1v) is 9.94. The van der Waals surface area contributed by atoms with Crippen molar-refractivity contribution in [3.05, 3.63) is 52.2 Å². The van der Waals surface area contributed by atoms with Gasteiger partial charge in [0.1, 0.15) is 5.82 Å². The molecule has 146 valence electrons. The molecule has 1 atom stereocenters. The third-order valence-electron chi connectivity index (χ3n) is 5.34. The van der Waals surface area contributed by atoms with E-state index >= 15 is 0 Å². The number of aromatic nitrogens is 3. The summed E-state index contributed by atoms with van der Waals surface area (Å²) in [6.07, 6.45) is 4.29. The molecule has 1 aliphatic rings. The number of carbonyl (C=O) groups is 1. The van der Waals surface area contributed by atoms with Gasteiger partial charge >= 0.3 is 5.69 Å². The second-order valence-corrected chi connectivity index (χ2v) is 7.75. The Bertz CT molecular complexity index is 822. The van der Waals surface area contributed by atoms with Crippen molar-refractivity contribution < 1.29 is 4.79 Å². The van der Waals surface area contributed by atoms with Gasteiger partial charge in [0.25, 0.3) is 0 Å².